The van der Waals surface area contributed by atoms with Crippen LogP contribution in [0, 0.1) is 12.3 Å². The van der Waals surface area contributed by atoms with Crippen molar-refractivity contribution in [1.82, 2.24) is 5.32 Å². The molecule has 0 bridgehead atoms. The maximum atomic E-state index is 12.5. The largest absolute Gasteiger partial charge is 0.351 e. The molecule has 0 fully saturated rings. The number of nitrogens with one attached hydrogen (secondary N) is 2. The number of benzene rings is 2. The summed E-state index contributed by atoms with van der Waals surface area (Å²) in [5.41, 5.74) is 1.64. The maximum absolute atomic E-state index is 12.5. The van der Waals surface area contributed by atoms with Crippen molar-refractivity contribution in [2.24, 2.45) is 5.41 Å². The van der Waals surface area contributed by atoms with E-state index in [0.717, 1.165) is 10.0 Å². The number of anilines is 1. The molecule has 0 spiro atoms. The van der Waals surface area contributed by atoms with Crippen molar-refractivity contribution < 1.29 is 9.59 Å². The van der Waals surface area contributed by atoms with Crippen LogP contribution >= 0.6 is 15.9 Å². The van der Waals surface area contributed by atoms with Gasteiger partial charge in [-0.25, -0.2) is 0 Å². The van der Waals surface area contributed by atoms with Crippen LogP contribution in [-0.2, 0) is 16.1 Å². The van der Waals surface area contributed by atoms with Crippen LogP contribution in [0.3, 0.4) is 0 Å². The molecule has 2 aromatic rings. The number of amides is 2. The molecule has 0 aliphatic rings. The van der Waals surface area contributed by atoms with Gasteiger partial charge in [0, 0.05) is 16.7 Å². The first-order valence-electron chi connectivity index (χ1n) is 7.70. The van der Waals surface area contributed by atoms with Crippen molar-refractivity contribution in [3.63, 3.8) is 0 Å². The summed E-state index contributed by atoms with van der Waals surface area (Å²) in [5, 5.41) is 5.61. The Morgan fingerprint density at radius 3 is 2.33 bits per heavy atom. The highest BCUT2D eigenvalue weighted by Gasteiger charge is 2.35. The molecule has 24 heavy (non-hydrogen) atoms. The number of aryl methyl sites for hydroxylation is 1. The van der Waals surface area contributed by atoms with Crippen molar-refractivity contribution in [3.05, 3.63) is 64.1 Å². The van der Waals surface area contributed by atoms with Gasteiger partial charge in [-0.15, -0.1) is 0 Å². The van der Waals surface area contributed by atoms with Crippen molar-refractivity contribution in [2.75, 3.05) is 5.32 Å². The molecular formula is C19H21BrN2O2. The highest BCUT2D eigenvalue weighted by atomic mass is 79.9. The molecule has 0 saturated heterocycles. The van der Waals surface area contributed by atoms with Gasteiger partial charge in [0.25, 0.3) is 0 Å². The molecule has 0 radical (unpaired) electrons. The zero-order valence-corrected chi connectivity index (χ0v) is 15.6. The summed E-state index contributed by atoms with van der Waals surface area (Å²) in [6.45, 7) is 5.64. The Balaban J connectivity index is 1.98. The summed E-state index contributed by atoms with van der Waals surface area (Å²) in [7, 11) is 0. The molecule has 5 heteroatoms. The van der Waals surface area contributed by atoms with Gasteiger partial charge in [-0.1, -0.05) is 51.8 Å². The first kappa shape index (κ1) is 18.2. The number of carbonyl (C=O) groups is 2. The van der Waals surface area contributed by atoms with Crippen LogP contribution in [0.25, 0.3) is 0 Å². The summed E-state index contributed by atoms with van der Waals surface area (Å²) in [5.74, 6) is -0.655. The Morgan fingerprint density at radius 1 is 1.04 bits per heavy atom. The highest BCUT2D eigenvalue weighted by molar-refractivity contribution is 9.10. The molecular weight excluding hydrogens is 368 g/mol. The summed E-state index contributed by atoms with van der Waals surface area (Å²) < 4.78 is 0.863. The minimum absolute atomic E-state index is 0.310. The van der Waals surface area contributed by atoms with Crippen molar-refractivity contribution in [2.45, 2.75) is 27.3 Å². The average Bonchev–Trinajstić information content (AvgIpc) is 2.54. The minimum atomic E-state index is -1.17. The molecule has 126 valence electrons. The van der Waals surface area contributed by atoms with Gasteiger partial charge in [0.05, 0.1) is 0 Å². The van der Waals surface area contributed by atoms with Crippen LogP contribution in [0.1, 0.15) is 25.0 Å². The van der Waals surface area contributed by atoms with Gasteiger partial charge in [-0.3, -0.25) is 9.59 Å². The molecule has 2 aromatic carbocycles. The fourth-order valence-electron chi connectivity index (χ4n) is 2.07. The van der Waals surface area contributed by atoms with Gasteiger partial charge in [0.1, 0.15) is 5.41 Å². The number of rotatable bonds is 5. The molecule has 4 nitrogen and oxygen atoms in total. The quantitative estimate of drug-likeness (QED) is 0.759. The molecule has 0 saturated carbocycles. The smallest absolute Gasteiger partial charge is 0.239 e. The van der Waals surface area contributed by atoms with Crippen LogP contribution in [0.15, 0.2) is 53.0 Å². The first-order valence-corrected chi connectivity index (χ1v) is 8.49. The van der Waals surface area contributed by atoms with Gasteiger partial charge < -0.3 is 10.6 Å². The lowest BCUT2D eigenvalue weighted by atomic mass is 9.90. The molecule has 0 heterocycles. The second-order valence-corrected chi connectivity index (χ2v) is 7.17. The number of halogens is 1. The van der Waals surface area contributed by atoms with E-state index in [1.165, 1.54) is 5.56 Å². The van der Waals surface area contributed by atoms with E-state index in [9.17, 15) is 9.59 Å². The summed E-state index contributed by atoms with van der Waals surface area (Å²) in [6.07, 6.45) is 0. The highest BCUT2D eigenvalue weighted by Crippen LogP contribution is 2.21. The number of hydrogen-bond acceptors (Lipinski definition) is 2. The second kappa shape index (κ2) is 7.62. The van der Waals surface area contributed by atoms with Crippen LogP contribution in [0.2, 0.25) is 0 Å². The molecule has 0 atom stereocenters. The maximum Gasteiger partial charge on any atom is 0.239 e. The van der Waals surface area contributed by atoms with Gasteiger partial charge >= 0.3 is 0 Å². The van der Waals surface area contributed by atoms with E-state index in [0.29, 0.717) is 12.2 Å². The van der Waals surface area contributed by atoms with Crippen molar-refractivity contribution in [1.29, 1.82) is 0 Å². The number of carbonyl (C=O) groups excluding carboxylic acids is 2. The summed E-state index contributed by atoms with van der Waals surface area (Å²) in [4.78, 5) is 24.9. The Bertz CT molecular complexity index is 739. The van der Waals surface area contributed by atoms with E-state index in [-0.39, 0.29) is 11.8 Å². The first-order chi connectivity index (χ1) is 11.3. The zero-order chi connectivity index (χ0) is 17.7. The number of hydrogen-bond donors (Lipinski definition) is 2. The SMILES string of the molecule is Cc1ccc(CNC(=O)C(C)(C)C(=O)Nc2cccc(Br)c2)cc1. The Hall–Kier alpha value is -2.14. The van der Waals surface area contributed by atoms with Gasteiger partial charge in [-0.2, -0.15) is 0 Å². The normalized spacial score (nSPS) is 11.0. The van der Waals surface area contributed by atoms with Crippen LogP contribution in [-0.4, -0.2) is 11.8 Å². The lowest BCUT2D eigenvalue weighted by Crippen LogP contribution is -2.44. The van der Waals surface area contributed by atoms with Crippen molar-refractivity contribution >= 4 is 33.4 Å². The van der Waals surface area contributed by atoms with E-state index in [2.05, 4.69) is 26.6 Å². The fraction of sp³-hybridized carbons (Fsp3) is 0.263. The van der Waals surface area contributed by atoms with Crippen LogP contribution < -0.4 is 10.6 Å². The zero-order valence-electron chi connectivity index (χ0n) is 14.0. The third-order valence-electron chi connectivity index (χ3n) is 3.79. The minimum Gasteiger partial charge on any atom is -0.351 e. The Kier molecular flexibility index (Phi) is 5.78. The standard InChI is InChI=1S/C19H21BrN2O2/c1-13-7-9-14(10-8-13)12-21-17(23)19(2,3)18(24)22-16-6-4-5-15(20)11-16/h4-11H,12H2,1-3H3,(H,21,23)(H,22,24). The Morgan fingerprint density at radius 2 is 1.71 bits per heavy atom. The molecule has 0 aliphatic carbocycles. The molecule has 2 N–H and O–H groups in total. The topological polar surface area (TPSA) is 58.2 Å². The average molecular weight is 389 g/mol. The molecule has 0 aliphatic heterocycles. The van der Waals surface area contributed by atoms with E-state index >= 15 is 0 Å². The van der Waals surface area contributed by atoms with Gasteiger partial charge in [-0.05, 0) is 44.5 Å². The third-order valence-corrected chi connectivity index (χ3v) is 4.28. The lowest BCUT2D eigenvalue weighted by molar-refractivity contribution is -0.138. The van der Waals surface area contributed by atoms with Gasteiger partial charge in [0.15, 0.2) is 0 Å². The predicted molar refractivity (Wildman–Crippen MR) is 99.6 cm³/mol. The molecule has 0 aromatic heterocycles. The fourth-order valence-corrected chi connectivity index (χ4v) is 2.47. The summed E-state index contributed by atoms with van der Waals surface area (Å²) >= 11 is 3.36. The lowest BCUT2D eigenvalue weighted by Gasteiger charge is -2.23. The van der Waals surface area contributed by atoms with Crippen molar-refractivity contribution in [3.8, 4) is 0 Å². The summed E-state index contributed by atoms with van der Waals surface area (Å²) in [6, 6.07) is 15.2. The van der Waals surface area contributed by atoms with E-state index in [4.69, 9.17) is 0 Å². The van der Waals surface area contributed by atoms with E-state index in [1.807, 2.05) is 43.3 Å². The van der Waals surface area contributed by atoms with E-state index in [1.54, 1.807) is 26.0 Å². The van der Waals surface area contributed by atoms with Crippen LogP contribution in [0.4, 0.5) is 5.69 Å². The third kappa shape index (κ3) is 4.68. The second-order valence-electron chi connectivity index (χ2n) is 6.26. The monoisotopic (exact) mass is 388 g/mol. The molecule has 2 amide bonds. The van der Waals surface area contributed by atoms with Crippen LogP contribution in [0.5, 0.6) is 0 Å². The Labute approximate surface area is 150 Å². The predicted octanol–water partition coefficient (Wildman–Crippen LogP) is 4.04. The molecule has 2 rings (SSSR count). The van der Waals surface area contributed by atoms with E-state index < -0.39 is 5.41 Å². The molecule has 0 unspecified atom stereocenters. The van der Waals surface area contributed by atoms with Gasteiger partial charge in [0.2, 0.25) is 11.8 Å².